The number of amides is 3. The number of hydrogen-bond acceptors (Lipinski definition) is 15. The molecule has 2 bridgehead atoms. The first-order valence-corrected chi connectivity index (χ1v) is 35.2. The third-order valence-electron chi connectivity index (χ3n) is 18.3. The molecule has 20 nitrogen and oxygen atoms in total. The summed E-state index contributed by atoms with van der Waals surface area (Å²) in [6, 6.07) is 21.8. The normalized spacial score (nSPS) is 16.9. The maximum atomic E-state index is 14.3. The maximum absolute atomic E-state index is 14.3. The molecule has 93 heavy (non-hydrogen) atoms. The van der Waals surface area contributed by atoms with Gasteiger partial charge in [-0.3, -0.25) is 28.8 Å². The Bertz CT molecular complexity index is 3110. The van der Waals surface area contributed by atoms with E-state index in [1.165, 1.54) is 9.80 Å². The summed E-state index contributed by atoms with van der Waals surface area (Å²) in [7, 11) is -3.41. The summed E-state index contributed by atoms with van der Waals surface area (Å²) >= 11 is 0. The molecule has 4 aromatic carbocycles. The second-order valence-corrected chi connectivity index (χ2v) is 26.5. The number of likely N-dealkylation sites (tertiary alicyclic amines) is 1. The van der Waals surface area contributed by atoms with Crippen molar-refractivity contribution in [1.82, 2.24) is 9.80 Å². The molecule has 1 saturated heterocycles. The highest BCUT2D eigenvalue weighted by Crippen LogP contribution is 2.61. The lowest BCUT2D eigenvalue weighted by atomic mass is 9.51. The second-order valence-electron chi connectivity index (χ2n) is 25.2. The molecule has 1 fully saturated rings. The highest BCUT2D eigenvalue weighted by atomic mass is 32.3. The summed E-state index contributed by atoms with van der Waals surface area (Å²) in [5.74, 6) is -0.765. The first-order chi connectivity index (χ1) is 45.0. The fourth-order valence-electron chi connectivity index (χ4n) is 13.4. The highest BCUT2D eigenvalue weighted by Gasteiger charge is 2.52. The van der Waals surface area contributed by atoms with Crippen LogP contribution in [0, 0.1) is 0 Å². The van der Waals surface area contributed by atoms with Crippen LogP contribution >= 0.6 is 0 Å². The van der Waals surface area contributed by atoms with E-state index in [1.54, 1.807) is 7.05 Å². The van der Waals surface area contributed by atoms with Gasteiger partial charge in [-0.25, -0.2) is 0 Å². The van der Waals surface area contributed by atoms with Crippen molar-refractivity contribution in [3.05, 3.63) is 139 Å². The molecule has 0 spiro atoms. The van der Waals surface area contributed by atoms with Crippen LogP contribution in [0.2, 0.25) is 0 Å². The first-order valence-electron chi connectivity index (χ1n) is 33.8. The van der Waals surface area contributed by atoms with Crippen molar-refractivity contribution in [1.29, 1.82) is 0 Å². The number of rotatable bonds is 46. The number of anilines is 1. The molecule has 0 aromatic heterocycles. The van der Waals surface area contributed by atoms with E-state index >= 15 is 0 Å². The number of halogens is 1. The highest BCUT2D eigenvalue weighted by molar-refractivity contribution is 7.86. The minimum atomic E-state index is -4.98. The average molecular weight is 1300 g/mol. The van der Waals surface area contributed by atoms with E-state index in [1.807, 2.05) is 6.07 Å². The van der Waals surface area contributed by atoms with Crippen molar-refractivity contribution >= 4 is 51.0 Å². The molecule has 0 saturated carbocycles. The Morgan fingerprint density at radius 3 is 1.63 bits per heavy atom. The smallest absolute Gasteiger partial charge is 0.332 e. The molecule has 506 valence electrons. The number of carbonyl (C=O) groups is 6. The van der Waals surface area contributed by atoms with Crippen LogP contribution < -0.4 is 22.5 Å². The zero-order valence-electron chi connectivity index (χ0n) is 54.4. The molecule has 8 rings (SSSR count). The van der Waals surface area contributed by atoms with Gasteiger partial charge < -0.3 is 46.5 Å². The summed E-state index contributed by atoms with van der Waals surface area (Å²) in [6.45, 7) is 3.71. The van der Waals surface area contributed by atoms with Gasteiger partial charge in [0.05, 0.1) is 44.0 Å². The topological polar surface area (TPSA) is 310 Å². The van der Waals surface area contributed by atoms with Crippen LogP contribution in [0.1, 0.15) is 208 Å². The number of ether oxygens (including phenoxy) is 3. The molecular formula is C71H98FN9O11S. The van der Waals surface area contributed by atoms with Crippen molar-refractivity contribution in [2.75, 3.05) is 84.7 Å². The third kappa shape index (κ3) is 21.4. The second kappa shape index (κ2) is 38.0. The Morgan fingerprint density at radius 2 is 1.10 bits per heavy atom. The maximum Gasteiger partial charge on any atom is 0.332 e. The van der Waals surface area contributed by atoms with Gasteiger partial charge in [0, 0.05) is 99.2 Å². The fourth-order valence-corrected chi connectivity index (χ4v) is 13.8. The zero-order valence-corrected chi connectivity index (χ0v) is 55.3. The lowest BCUT2D eigenvalue weighted by Gasteiger charge is -2.51. The number of nitrogens with one attached hydrogen (secondary N) is 1. The summed E-state index contributed by atoms with van der Waals surface area (Å²) in [4.78, 5) is 87.3. The van der Waals surface area contributed by atoms with Gasteiger partial charge in [0.15, 0.2) is 0 Å². The van der Waals surface area contributed by atoms with Crippen LogP contribution in [0.5, 0.6) is 0 Å². The molecular weight excluding hydrogens is 1210 g/mol. The van der Waals surface area contributed by atoms with Crippen LogP contribution in [0.15, 0.2) is 88.9 Å². The zero-order chi connectivity index (χ0) is 66.6. The fraction of sp³-hybridized carbons (Fsp3) is 0.577. The Balaban J connectivity index is 0.967. The minimum absolute atomic E-state index is 0.0354. The number of benzene rings is 4. The molecule has 2 atom stereocenters. The van der Waals surface area contributed by atoms with Gasteiger partial charge in [0.25, 0.3) is 5.91 Å². The molecule has 3 aliphatic carbocycles. The molecule has 7 N–H and O–H groups in total. The molecule has 1 heterocycles. The van der Waals surface area contributed by atoms with E-state index < -0.39 is 44.4 Å². The predicted octanol–water partition coefficient (Wildman–Crippen LogP) is 10.8. The molecule has 0 unspecified atom stereocenters. The molecule has 4 aliphatic rings. The van der Waals surface area contributed by atoms with Crippen LogP contribution in [0.4, 0.5) is 9.57 Å². The molecule has 22 heteroatoms. The van der Waals surface area contributed by atoms with E-state index in [9.17, 15) is 41.1 Å². The van der Waals surface area contributed by atoms with E-state index in [0.29, 0.717) is 83.5 Å². The number of likely N-dealkylation sites (N-methyl/N-ethyl adjacent to an activating group) is 1. The summed E-state index contributed by atoms with van der Waals surface area (Å²) in [5, 5.41) is 6.94. The summed E-state index contributed by atoms with van der Waals surface area (Å²) in [5.41, 5.74) is 34.4. The number of carbonyl (C=O) groups excluding carboxylic acids is 6. The number of nitrogens with zero attached hydrogens (tertiary/aromatic N) is 5. The number of unbranched alkanes of at least 4 members (excludes halogenated alkanes) is 12. The molecule has 0 radical (unpaired) electrons. The van der Waals surface area contributed by atoms with Crippen molar-refractivity contribution < 1.29 is 55.3 Å². The number of nitrogens with two attached hydrogens (primary N) is 3. The SMILES string of the molecule is CN(CCOCCOCCOCCCC(=O)CCC12c3cc(CC(=O)CCCCCCCN)ccc3C(c3ccc(CC(=O)CCCCCCCN)cc31)c1ccc(NC(=O)CCCCCCCN)cc12)C(=O)[C@@H]1C[C@H](N=[N+]=[N-])CN1C(=O)c1ccc(S(=O)(=O)F)cc1. The van der Waals surface area contributed by atoms with Crippen molar-refractivity contribution in [2.24, 2.45) is 22.3 Å². The van der Waals surface area contributed by atoms with E-state index in [4.69, 9.17) is 36.9 Å². The van der Waals surface area contributed by atoms with Crippen LogP contribution in [0.3, 0.4) is 0 Å². The van der Waals surface area contributed by atoms with Crippen molar-refractivity contribution in [3.8, 4) is 0 Å². The van der Waals surface area contributed by atoms with Crippen molar-refractivity contribution in [3.63, 3.8) is 0 Å². The Morgan fingerprint density at radius 1 is 0.613 bits per heavy atom. The summed E-state index contributed by atoms with van der Waals surface area (Å²) in [6.07, 6.45) is 18.1. The Labute approximate surface area is 548 Å². The monoisotopic (exact) mass is 1300 g/mol. The lowest BCUT2D eigenvalue weighted by molar-refractivity contribution is -0.134. The number of ketones is 3. The van der Waals surface area contributed by atoms with Crippen LogP contribution in [0.25, 0.3) is 10.4 Å². The van der Waals surface area contributed by atoms with Gasteiger partial charge in [-0.05, 0) is 164 Å². The third-order valence-corrected chi connectivity index (χ3v) is 19.1. The Hall–Kier alpha value is -6.75. The average Bonchev–Trinajstić information content (AvgIpc) is 0.994. The lowest BCUT2D eigenvalue weighted by Crippen LogP contribution is -2.47. The molecule has 3 amide bonds. The Kier molecular flexibility index (Phi) is 30.1. The summed E-state index contributed by atoms with van der Waals surface area (Å²) < 4.78 is 53.5. The van der Waals surface area contributed by atoms with Gasteiger partial charge in [0.1, 0.15) is 23.4 Å². The largest absolute Gasteiger partial charge is 0.379 e. The van der Waals surface area contributed by atoms with Gasteiger partial charge in [-0.1, -0.05) is 105 Å². The van der Waals surface area contributed by atoms with Crippen LogP contribution in [-0.4, -0.2) is 145 Å². The van der Waals surface area contributed by atoms with Gasteiger partial charge >= 0.3 is 10.2 Å². The van der Waals surface area contributed by atoms with Gasteiger partial charge in [-0.2, -0.15) is 8.42 Å². The van der Waals surface area contributed by atoms with Gasteiger partial charge in [0.2, 0.25) is 11.8 Å². The minimum Gasteiger partial charge on any atom is -0.379 e. The first kappa shape index (κ1) is 73.7. The van der Waals surface area contributed by atoms with Crippen molar-refractivity contribution in [2.45, 2.75) is 189 Å². The number of Topliss-reactive ketones (excluding diaryl/α,β-unsaturated/α-hetero) is 3. The quantitative estimate of drug-likeness (QED) is 0.0105. The molecule has 1 aliphatic heterocycles. The van der Waals surface area contributed by atoms with E-state index in [0.717, 1.165) is 165 Å². The number of azide groups is 1. The molecule has 4 aromatic rings. The van der Waals surface area contributed by atoms with E-state index in [2.05, 4.69) is 63.9 Å². The van der Waals surface area contributed by atoms with Crippen LogP contribution in [-0.2, 0) is 66.7 Å². The predicted molar refractivity (Wildman–Crippen MR) is 357 cm³/mol. The van der Waals surface area contributed by atoms with Gasteiger partial charge in [-0.15, -0.1) is 3.89 Å². The van der Waals surface area contributed by atoms with E-state index in [-0.39, 0.29) is 93.5 Å². The standard InChI is InChI=1S/C71H98FN9O11S/c1-80(70(87)66-49-55(78-79-76)50-81(66)69(86)53-24-27-59(28-25-53)93(72,88)89)37-39-91-41-43-92-42-40-90-38-17-20-56(82)32-33-71-63-46-51(44-57(83)18-11-5-2-8-14-34-73)22-29-60(63)68(61-30-23-52(47-64(61)71)45-58(84)19-12-6-3-9-15-35-74)62-31-26-54(48-65(62)71)77-67(85)21-13-7-4-10-16-36-75/h22-31,46-48,55,66,68H,2-21,32-45,49-50,73-75H2,1H3,(H,77,85)/t55-,66-,68?,71?/m0/s1. The number of hydrogen-bond donors (Lipinski definition) is 4.